The van der Waals surface area contributed by atoms with Gasteiger partial charge in [0.2, 0.25) is 0 Å². The minimum Gasteiger partial charge on any atom is -0.469 e. The summed E-state index contributed by atoms with van der Waals surface area (Å²) in [5.74, 6) is -0.152. The average Bonchev–Trinajstić information content (AvgIpc) is 2.46. The highest BCUT2D eigenvalue weighted by Crippen LogP contribution is 2.22. The fraction of sp³-hybridized carbons (Fsp3) is 0.562. The number of hydrogen-bond acceptors (Lipinski definition) is 5. The van der Waals surface area contributed by atoms with Crippen LogP contribution in [0.15, 0.2) is 24.3 Å². The number of methoxy groups -OCH3 is 1. The number of piperazine rings is 1. The highest BCUT2D eigenvalue weighted by atomic mass is 16.5. The van der Waals surface area contributed by atoms with Crippen LogP contribution >= 0.6 is 0 Å². The van der Waals surface area contributed by atoms with Crippen LogP contribution in [0.4, 0.5) is 11.4 Å². The van der Waals surface area contributed by atoms with Gasteiger partial charge in [0.25, 0.3) is 0 Å². The molecule has 1 aromatic rings. The van der Waals surface area contributed by atoms with E-state index in [4.69, 9.17) is 10.5 Å². The van der Waals surface area contributed by atoms with E-state index in [-0.39, 0.29) is 5.97 Å². The number of benzene rings is 1. The average molecular weight is 291 g/mol. The standard InChI is InChI=1S/C16H25N3O2/c1-16(2,15(20)21-3)12-18-7-9-19(10-8-18)14-6-4-5-13(17)11-14/h4-6,11H,7-10,12,17H2,1-3H3. The van der Waals surface area contributed by atoms with Crippen molar-refractivity contribution in [1.29, 1.82) is 0 Å². The Bertz CT molecular complexity index is 494. The summed E-state index contributed by atoms with van der Waals surface area (Å²) in [5.41, 5.74) is 7.33. The van der Waals surface area contributed by atoms with Crippen LogP contribution in [0.25, 0.3) is 0 Å². The topological polar surface area (TPSA) is 58.8 Å². The van der Waals surface area contributed by atoms with Gasteiger partial charge in [-0.15, -0.1) is 0 Å². The van der Waals surface area contributed by atoms with E-state index in [1.807, 2.05) is 32.0 Å². The van der Waals surface area contributed by atoms with Gasteiger partial charge in [0.05, 0.1) is 12.5 Å². The molecule has 0 aromatic heterocycles. The van der Waals surface area contributed by atoms with Crippen molar-refractivity contribution in [1.82, 2.24) is 4.90 Å². The quantitative estimate of drug-likeness (QED) is 0.674. The molecule has 21 heavy (non-hydrogen) atoms. The van der Waals surface area contributed by atoms with Crippen molar-refractivity contribution in [2.75, 3.05) is 50.5 Å². The molecule has 5 nitrogen and oxygen atoms in total. The third-order valence-corrected chi connectivity index (χ3v) is 3.96. The molecule has 0 bridgehead atoms. The van der Waals surface area contributed by atoms with Crippen LogP contribution in [0.2, 0.25) is 0 Å². The first-order chi connectivity index (χ1) is 9.92. The Balaban J connectivity index is 1.90. The number of nitrogens with zero attached hydrogens (tertiary/aromatic N) is 2. The van der Waals surface area contributed by atoms with E-state index in [1.165, 1.54) is 12.8 Å². The van der Waals surface area contributed by atoms with Gasteiger partial charge in [-0.3, -0.25) is 9.69 Å². The molecule has 0 radical (unpaired) electrons. The molecular formula is C16H25N3O2. The Morgan fingerprint density at radius 1 is 1.29 bits per heavy atom. The molecule has 0 unspecified atom stereocenters. The SMILES string of the molecule is COC(=O)C(C)(C)CN1CCN(c2cccc(N)c2)CC1. The summed E-state index contributed by atoms with van der Waals surface area (Å²) in [4.78, 5) is 16.4. The van der Waals surface area contributed by atoms with Crippen molar-refractivity contribution >= 4 is 17.3 Å². The lowest BCUT2D eigenvalue weighted by Crippen LogP contribution is -2.50. The molecule has 1 aliphatic heterocycles. The summed E-state index contributed by atoms with van der Waals surface area (Å²) in [6.07, 6.45) is 0. The minimum atomic E-state index is -0.464. The Morgan fingerprint density at radius 2 is 1.95 bits per heavy atom. The van der Waals surface area contributed by atoms with Crippen molar-refractivity contribution in [3.63, 3.8) is 0 Å². The molecule has 0 saturated carbocycles. The molecule has 0 atom stereocenters. The molecule has 1 aliphatic rings. The summed E-state index contributed by atoms with van der Waals surface area (Å²) >= 11 is 0. The predicted octanol–water partition coefficient (Wildman–Crippen LogP) is 1.59. The first-order valence-electron chi connectivity index (χ1n) is 7.33. The molecular weight excluding hydrogens is 266 g/mol. The molecule has 1 aromatic carbocycles. The van der Waals surface area contributed by atoms with E-state index >= 15 is 0 Å². The number of anilines is 2. The van der Waals surface area contributed by atoms with Crippen LogP contribution in [0.1, 0.15) is 13.8 Å². The third-order valence-electron chi connectivity index (χ3n) is 3.96. The lowest BCUT2D eigenvalue weighted by Gasteiger charge is -2.39. The molecule has 0 amide bonds. The highest BCUT2D eigenvalue weighted by molar-refractivity contribution is 5.76. The fourth-order valence-corrected chi connectivity index (χ4v) is 2.79. The van der Waals surface area contributed by atoms with E-state index in [0.29, 0.717) is 0 Å². The predicted molar refractivity (Wildman–Crippen MR) is 85.3 cm³/mol. The zero-order valence-corrected chi connectivity index (χ0v) is 13.1. The maximum absolute atomic E-state index is 11.8. The van der Waals surface area contributed by atoms with Gasteiger partial charge >= 0.3 is 5.97 Å². The van der Waals surface area contributed by atoms with Crippen LogP contribution in [-0.4, -0.2) is 50.7 Å². The maximum Gasteiger partial charge on any atom is 0.312 e. The number of rotatable bonds is 4. The smallest absolute Gasteiger partial charge is 0.312 e. The zero-order chi connectivity index (χ0) is 15.5. The molecule has 0 aliphatic carbocycles. The zero-order valence-electron chi connectivity index (χ0n) is 13.1. The Labute approximate surface area is 126 Å². The number of ether oxygens (including phenoxy) is 1. The molecule has 1 saturated heterocycles. The summed E-state index contributed by atoms with van der Waals surface area (Å²) in [6.45, 7) is 8.36. The summed E-state index contributed by atoms with van der Waals surface area (Å²) in [6, 6.07) is 7.98. The summed E-state index contributed by atoms with van der Waals surface area (Å²) in [7, 11) is 1.45. The largest absolute Gasteiger partial charge is 0.469 e. The van der Waals surface area contributed by atoms with Crippen LogP contribution in [-0.2, 0) is 9.53 Å². The van der Waals surface area contributed by atoms with Crippen molar-refractivity contribution in [3.8, 4) is 0 Å². The molecule has 1 heterocycles. The highest BCUT2D eigenvalue weighted by Gasteiger charge is 2.32. The van der Waals surface area contributed by atoms with E-state index in [1.54, 1.807) is 0 Å². The number of esters is 1. The minimum absolute atomic E-state index is 0.152. The monoisotopic (exact) mass is 291 g/mol. The molecule has 5 heteroatoms. The van der Waals surface area contributed by atoms with Gasteiger partial charge in [-0.05, 0) is 32.0 Å². The van der Waals surface area contributed by atoms with Gasteiger partial charge in [-0.2, -0.15) is 0 Å². The van der Waals surface area contributed by atoms with Crippen molar-refractivity contribution in [3.05, 3.63) is 24.3 Å². The van der Waals surface area contributed by atoms with Gasteiger partial charge in [0.1, 0.15) is 0 Å². The van der Waals surface area contributed by atoms with Crippen LogP contribution in [0.3, 0.4) is 0 Å². The van der Waals surface area contributed by atoms with Crippen LogP contribution in [0, 0.1) is 5.41 Å². The number of nitrogens with two attached hydrogens (primary N) is 1. The van der Waals surface area contributed by atoms with E-state index in [0.717, 1.165) is 38.4 Å². The second kappa shape index (κ2) is 6.35. The Morgan fingerprint density at radius 3 is 2.52 bits per heavy atom. The van der Waals surface area contributed by atoms with Gasteiger partial charge < -0.3 is 15.4 Å². The maximum atomic E-state index is 11.8. The van der Waals surface area contributed by atoms with Gasteiger partial charge in [-0.1, -0.05) is 6.07 Å². The number of carbonyl (C=O) groups is 1. The first kappa shape index (κ1) is 15.6. The van der Waals surface area contributed by atoms with Crippen LogP contribution in [0.5, 0.6) is 0 Å². The molecule has 2 rings (SSSR count). The Kier molecular flexibility index (Phi) is 4.73. The first-order valence-corrected chi connectivity index (χ1v) is 7.33. The van der Waals surface area contributed by atoms with Crippen molar-refractivity contribution < 1.29 is 9.53 Å². The Hall–Kier alpha value is -1.75. The molecule has 116 valence electrons. The number of carbonyl (C=O) groups excluding carboxylic acids is 1. The fourth-order valence-electron chi connectivity index (χ4n) is 2.79. The van der Waals surface area contributed by atoms with Gasteiger partial charge in [-0.25, -0.2) is 0 Å². The van der Waals surface area contributed by atoms with E-state index in [9.17, 15) is 4.79 Å². The number of nitrogen functional groups attached to an aromatic ring is 1. The van der Waals surface area contributed by atoms with Gasteiger partial charge in [0.15, 0.2) is 0 Å². The second-order valence-corrected chi connectivity index (χ2v) is 6.23. The van der Waals surface area contributed by atoms with E-state index < -0.39 is 5.41 Å². The molecule has 2 N–H and O–H groups in total. The van der Waals surface area contributed by atoms with Crippen molar-refractivity contribution in [2.24, 2.45) is 5.41 Å². The van der Waals surface area contributed by atoms with Crippen LogP contribution < -0.4 is 10.6 Å². The molecule has 1 fully saturated rings. The summed E-state index contributed by atoms with van der Waals surface area (Å²) < 4.78 is 4.87. The van der Waals surface area contributed by atoms with E-state index in [2.05, 4.69) is 15.9 Å². The number of hydrogen-bond donors (Lipinski definition) is 1. The van der Waals surface area contributed by atoms with Gasteiger partial charge in [0, 0.05) is 44.1 Å². The lowest BCUT2D eigenvalue weighted by molar-refractivity contribution is -0.151. The summed E-state index contributed by atoms with van der Waals surface area (Å²) in [5, 5.41) is 0. The second-order valence-electron chi connectivity index (χ2n) is 6.23. The van der Waals surface area contributed by atoms with Crippen molar-refractivity contribution in [2.45, 2.75) is 13.8 Å². The third kappa shape index (κ3) is 3.88. The normalized spacial score (nSPS) is 16.8. The lowest BCUT2D eigenvalue weighted by atomic mass is 9.92. The molecule has 0 spiro atoms.